The van der Waals surface area contributed by atoms with Gasteiger partial charge in [0.15, 0.2) is 5.69 Å². The molecular formula is C9H13N5O2S2. The second kappa shape index (κ2) is 6.10. The first-order valence-electron chi connectivity index (χ1n) is 5.36. The summed E-state index contributed by atoms with van der Waals surface area (Å²) in [4.78, 5) is 23.3. The van der Waals surface area contributed by atoms with Crippen LogP contribution in [0.4, 0.5) is 0 Å². The highest BCUT2D eigenvalue weighted by atomic mass is 32.2. The standard InChI is InChI=1S/C9H13N5O2S2/c1-14-5-6(10-13-14)7(15)11-12-8(16)9-17-3-2-4-18-9/h5,9H,2-4H2,1H3,(H,11,15)(H,12,16). The van der Waals surface area contributed by atoms with Crippen molar-refractivity contribution in [3.05, 3.63) is 11.9 Å². The Kier molecular flexibility index (Phi) is 4.48. The van der Waals surface area contributed by atoms with Gasteiger partial charge in [-0.1, -0.05) is 5.21 Å². The number of aryl methyl sites for hydroxylation is 1. The van der Waals surface area contributed by atoms with Gasteiger partial charge in [-0.3, -0.25) is 25.1 Å². The van der Waals surface area contributed by atoms with Crippen LogP contribution in [-0.4, -0.2) is 42.9 Å². The Hall–Kier alpha value is -1.22. The van der Waals surface area contributed by atoms with Gasteiger partial charge in [0.05, 0.1) is 6.20 Å². The maximum absolute atomic E-state index is 11.7. The number of carbonyl (C=O) groups is 2. The summed E-state index contributed by atoms with van der Waals surface area (Å²) in [6.45, 7) is 0. The fourth-order valence-corrected chi connectivity index (χ4v) is 3.95. The number of nitrogens with zero attached hydrogens (tertiary/aromatic N) is 3. The lowest BCUT2D eigenvalue weighted by molar-refractivity contribution is -0.119. The van der Waals surface area contributed by atoms with Gasteiger partial charge in [-0.25, -0.2) is 0 Å². The Balaban J connectivity index is 1.80. The van der Waals surface area contributed by atoms with Crippen LogP contribution < -0.4 is 10.9 Å². The predicted octanol–water partition coefficient (Wildman–Crippen LogP) is -0.228. The number of rotatable bonds is 2. The van der Waals surface area contributed by atoms with E-state index in [9.17, 15) is 9.59 Å². The van der Waals surface area contributed by atoms with E-state index in [-0.39, 0.29) is 16.2 Å². The van der Waals surface area contributed by atoms with Crippen molar-refractivity contribution >= 4 is 35.3 Å². The molecule has 0 aromatic carbocycles. The molecule has 0 bridgehead atoms. The molecule has 7 nitrogen and oxygen atoms in total. The number of amides is 2. The fraction of sp³-hybridized carbons (Fsp3) is 0.556. The van der Waals surface area contributed by atoms with Crippen LogP contribution in [0.5, 0.6) is 0 Å². The van der Waals surface area contributed by atoms with Crippen LogP contribution in [0.15, 0.2) is 6.20 Å². The van der Waals surface area contributed by atoms with E-state index in [1.807, 2.05) is 0 Å². The Bertz CT molecular complexity index is 444. The highest BCUT2D eigenvalue weighted by Gasteiger charge is 2.23. The third kappa shape index (κ3) is 3.39. The van der Waals surface area contributed by atoms with Crippen molar-refractivity contribution in [2.24, 2.45) is 7.05 Å². The fourth-order valence-electron chi connectivity index (χ4n) is 1.33. The van der Waals surface area contributed by atoms with Gasteiger partial charge in [-0.05, 0) is 17.9 Å². The Morgan fingerprint density at radius 3 is 2.72 bits per heavy atom. The molecular weight excluding hydrogens is 274 g/mol. The molecule has 1 aromatic heterocycles. The average Bonchev–Trinajstić information content (AvgIpc) is 2.83. The van der Waals surface area contributed by atoms with Crippen LogP contribution >= 0.6 is 23.5 Å². The topological polar surface area (TPSA) is 88.9 Å². The van der Waals surface area contributed by atoms with Crippen molar-refractivity contribution in [2.45, 2.75) is 11.0 Å². The van der Waals surface area contributed by atoms with Crippen molar-refractivity contribution in [3.63, 3.8) is 0 Å². The maximum atomic E-state index is 11.7. The first-order valence-corrected chi connectivity index (χ1v) is 7.46. The molecule has 18 heavy (non-hydrogen) atoms. The zero-order valence-electron chi connectivity index (χ0n) is 9.75. The lowest BCUT2D eigenvalue weighted by Gasteiger charge is -2.19. The molecule has 0 atom stereocenters. The molecule has 2 amide bonds. The van der Waals surface area contributed by atoms with Crippen molar-refractivity contribution in [3.8, 4) is 0 Å². The summed E-state index contributed by atoms with van der Waals surface area (Å²) in [5.74, 6) is 1.29. The van der Waals surface area contributed by atoms with Crippen LogP contribution in [0.25, 0.3) is 0 Å². The smallest absolute Gasteiger partial charge is 0.271 e. The monoisotopic (exact) mass is 287 g/mol. The molecule has 0 aliphatic carbocycles. The Labute approximate surface area is 112 Å². The first-order chi connectivity index (χ1) is 8.66. The molecule has 0 unspecified atom stereocenters. The van der Waals surface area contributed by atoms with Crippen LogP contribution in [-0.2, 0) is 11.8 Å². The third-order valence-electron chi connectivity index (χ3n) is 2.18. The van der Waals surface area contributed by atoms with E-state index in [2.05, 4.69) is 21.2 Å². The van der Waals surface area contributed by atoms with Gasteiger partial charge in [0.2, 0.25) is 0 Å². The summed E-state index contributed by atoms with van der Waals surface area (Å²) in [6.07, 6.45) is 2.59. The minimum absolute atomic E-state index is 0.152. The quantitative estimate of drug-likeness (QED) is 0.731. The number of carbonyl (C=O) groups excluding carboxylic acids is 2. The van der Waals surface area contributed by atoms with Gasteiger partial charge in [-0.15, -0.1) is 28.6 Å². The van der Waals surface area contributed by atoms with Crippen molar-refractivity contribution < 1.29 is 9.59 Å². The summed E-state index contributed by atoms with van der Waals surface area (Å²) >= 11 is 3.18. The normalized spacial score (nSPS) is 16.3. The Morgan fingerprint density at radius 2 is 2.11 bits per heavy atom. The number of aromatic nitrogens is 3. The Morgan fingerprint density at radius 1 is 1.39 bits per heavy atom. The largest absolute Gasteiger partial charge is 0.291 e. The predicted molar refractivity (Wildman–Crippen MR) is 69.9 cm³/mol. The summed E-state index contributed by atoms with van der Waals surface area (Å²) in [5, 5.41) is 7.28. The molecule has 2 N–H and O–H groups in total. The van der Waals surface area contributed by atoms with Gasteiger partial charge in [0.25, 0.3) is 11.8 Å². The van der Waals surface area contributed by atoms with Crippen LogP contribution in [0.2, 0.25) is 0 Å². The maximum Gasteiger partial charge on any atom is 0.291 e. The lowest BCUT2D eigenvalue weighted by Crippen LogP contribution is -2.45. The van der Waals surface area contributed by atoms with Crippen molar-refractivity contribution in [1.29, 1.82) is 0 Å². The molecule has 0 saturated carbocycles. The lowest BCUT2D eigenvalue weighted by atomic mass is 10.5. The molecule has 1 aliphatic rings. The van der Waals surface area contributed by atoms with Gasteiger partial charge >= 0.3 is 0 Å². The number of hydrazine groups is 1. The van der Waals surface area contributed by atoms with E-state index in [1.54, 1.807) is 30.6 Å². The van der Waals surface area contributed by atoms with E-state index < -0.39 is 5.91 Å². The van der Waals surface area contributed by atoms with Crippen LogP contribution in [0.1, 0.15) is 16.9 Å². The van der Waals surface area contributed by atoms with Gasteiger partial charge in [-0.2, -0.15) is 0 Å². The van der Waals surface area contributed by atoms with E-state index in [4.69, 9.17) is 0 Å². The summed E-state index contributed by atoms with van der Waals surface area (Å²) < 4.78 is 1.27. The van der Waals surface area contributed by atoms with Crippen molar-refractivity contribution in [2.75, 3.05) is 11.5 Å². The van der Waals surface area contributed by atoms with Crippen LogP contribution in [0.3, 0.4) is 0 Å². The number of nitrogens with one attached hydrogen (secondary N) is 2. The highest BCUT2D eigenvalue weighted by molar-refractivity contribution is 8.18. The summed E-state index contributed by atoms with van der Waals surface area (Å²) in [6, 6.07) is 0. The first kappa shape index (κ1) is 13.2. The molecule has 0 spiro atoms. The van der Waals surface area contributed by atoms with E-state index in [1.165, 1.54) is 10.9 Å². The zero-order chi connectivity index (χ0) is 13.0. The SMILES string of the molecule is Cn1cc(C(=O)NNC(=O)C2SCCCS2)nn1. The van der Waals surface area contributed by atoms with E-state index in [0.29, 0.717) is 0 Å². The molecule has 1 fully saturated rings. The highest BCUT2D eigenvalue weighted by Crippen LogP contribution is 2.30. The second-order valence-electron chi connectivity index (χ2n) is 3.65. The molecule has 1 saturated heterocycles. The second-order valence-corrected chi connectivity index (χ2v) is 6.37. The molecule has 0 radical (unpaired) electrons. The summed E-state index contributed by atoms with van der Waals surface area (Å²) in [7, 11) is 1.66. The number of hydrogen-bond donors (Lipinski definition) is 2. The molecule has 1 aromatic rings. The van der Waals surface area contributed by atoms with Gasteiger partial charge < -0.3 is 0 Å². The average molecular weight is 287 g/mol. The molecule has 9 heteroatoms. The number of hydrogen-bond acceptors (Lipinski definition) is 6. The van der Waals surface area contributed by atoms with Crippen molar-refractivity contribution in [1.82, 2.24) is 25.8 Å². The minimum Gasteiger partial charge on any atom is -0.271 e. The molecule has 2 heterocycles. The molecule has 2 rings (SSSR count). The molecule has 98 valence electrons. The zero-order valence-corrected chi connectivity index (χ0v) is 11.4. The van der Waals surface area contributed by atoms with Crippen LogP contribution in [0, 0.1) is 0 Å². The number of thioether (sulfide) groups is 2. The van der Waals surface area contributed by atoms with E-state index in [0.717, 1.165) is 17.9 Å². The van der Waals surface area contributed by atoms with Gasteiger partial charge in [0.1, 0.15) is 4.58 Å². The van der Waals surface area contributed by atoms with Gasteiger partial charge in [0, 0.05) is 7.05 Å². The van der Waals surface area contributed by atoms with E-state index >= 15 is 0 Å². The summed E-state index contributed by atoms with van der Waals surface area (Å²) in [5.41, 5.74) is 4.90. The third-order valence-corrected chi connectivity index (χ3v) is 5.07. The molecule has 1 aliphatic heterocycles. The minimum atomic E-state index is -0.470.